The van der Waals surface area contributed by atoms with Crippen molar-refractivity contribution in [1.29, 1.82) is 0 Å². The first-order chi connectivity index (χ1) is 7.42. The zero-order valence-corrected chi connectivity index (χ0v) is 11.5. The number of nitrogens with zero attached hydrogens (tertiary/aromatic N) is 2. The molecule has 1 unspecified atom stereocenters. The molecule has 16 heavy (non-hydrogen) atoms. The fraction of sp³-hybridized carbons (Fsp3) is 1.00. The van der Waals surface area contributed by atoms with Crippen molar-refractivity contribution in [3.05, 3.63) is 0 Å². The first-order valence-corrected chi connectivity index (χ1v) is 6.67. The molecule has 0 spiro atoms. The van der Waals surface area contributed by atoms with E-state index in [2.05, 4.69) is 37.5 Å². The van der Waals surface area contributed by atoms with Crippen LogP contribution in [0, 0.1) is 0 Å². The van der Waals surface area contributed by atoms with E-state index in [4.69, 9.17) is 5.73 Å². The summed E-state index contributed by atoms with van der Waals surface area (Å²) in [4.78, 5) is 5.15. The summed E-state index contributed by atoms with van der Waals surface area (Å²) in [6, 6.07) is 0.744. The third kappa shape index (κ3) is 4.81. The summed E-state index contributed by atoms with van der Waals surface area (Å²) in [7, 11) is 0. The summed E-state index contributed by atoms with van der Waals surface area (Å²) in [6.07, 6.45) is 2.35. The first kappa shape index (κ1) is 13.9. The molecule has 0 aromatic heterocycles. The van der Waals surface area contributed by atoms with Crippen molar-refractivity contribution in [3.8, 4) is 0 Å². The van der Waals surface area contributed by atoms with Crippen molar-refractivity contribution in [2.24, 2.45) is 5.73 Å². The molecule has 2 N–H and O–H groups in total. The molecule has 3 nitrogen and oxygen atoms in total. The number of hydrogen-bond donors (Lipinski definition) is 1. The van der Waals surface area contributed by atoms with E-state index in [0.29, 0.717) is 0 Å². The largest absolute Gasteiger partial charge is 0.326 e. The van der Waals surface area contributed by atoms with Crippen molar-refractivity contribution in [1.82, 2.24) is 9.80 Å². The maximum atomic E-state index is 6.01. The normalized spacial score (nSPS) is 22.3. The van der Waals surface area contributed by atoms with Gasteiger partial charge in [-0.3, -0.25) is 4.90 Å². The van der Waals surface area contributed by atoms with Gasteiger partial charge in [-0.05, 0) is 40.2 Å². The van der Waals surface area contributed by atoms with E-state index in [0.717, 1.165) is 19.0 Å². The minimum absolute atomic E-state index is 0.0200. The van der Waals surface area contributed by atoms with Crippen LogP contribution in [0.25, 0.3) is 0 Å². The Bertz CT molecular complexity index is 190. The summed E-state index contributed by atoms with van der Waals surface area (Å²) in [5.74, 6) is 0. The Balaban J connectivity index is 2.22. The van der Waals surface area contributed by atoms with Crippen LogP contribution >= 0.6 is 0 Å². The second kappa shape index (κ2) is 5.99. The minimum atomic E-state index is -0.0200. The van der Waals surface area contributed by atoms with E-state index in [1.165, 1.54) is 32.6 Å². The Hall–Kier alpha value is -0.120. The van der Waals surface area contributed by atoms with Gasteiger partial charge in [0, 0.05) is 37.8 Å². The maximum absolute atomic E-state index is 6.01. The molecular weight excluding hydrogens is 198 g/mol. The lowest BCUT2D eigenvalue weighted by molar-refractivity contribution is 0.0964. The second-order valence-corrected chi connectivity index (χ2v) is 5.87. The molecule has 0 saturated carbocycles. The monoisotopic (exact) mass is 227 g/mol. The van der Waals surface area contributed by atoms with Crippen LogP contribution in [0.5, 0.6) is 0 Å². The number of nitrogens with two attached hydrogens (primary N) is 1. The molecule has 1 atom stereocenters. The zero-order valence-electron chi connectivity index (χ0n) is 11.5. The minimum Gasteiger partial charge on any atom is -0.326 e. The van der Waals surface area contributed by atoms with Gasteiger partial charge in [-0.15, -0.1) is 0 Å². The van der Waals surface area contributed by atoms with E-state index in [9.17, 15) is 0 Å². The zero-order chi connectivity index (χ0) is 12.2. The van der Waals surface area contributed by atoms with E-state index in [-0.39, 0.29) is 5.54 Å². The van der Waals surface area contributed by atoms with Crippen molar-refractivity contribution in [3.63, 3.8) is 0 Å². The quantitative estimate of drug-likeness (QED) is 0.773. The molecule has 0 bridgehead atoms. The van der Waals surface area contributed by atoms with Gasteiger partial charge in [0.05, 0.1) is 0 Å². The third-order valence-electron chi connectivity index (χ3n) is 3.69. The van der Waals surface area contributed by atoms with Gasteiger partial charge in [-0.1, -0.05) is 6.92 Å². The lowest BCUT2D eigenvalue weighted by Crippen LogP contribution is -2.50. The Morgan fingerprint density at radius 2 is 1.75 bits per heavy atom. The second-order valence-electron chi connectivity index (χ2n) is 5.87. The average molecular weight is 227 g/mol. The van der Waals surface area contributed by atoms with E-state index < -0.39 is 0 Å². The summed E-state index contributed by atoms with van der Waals surface area (Å²) < 4.78 is 0. The Morgan fingerprint density at radius 1 is 1.19 bits per heavy atom. The Morgan fingerprint density at radius 3 is 2.19 bits per heavy atom. The van der Waals surface area contributed by atoms with Crippen LogP contribution in [-0.2, 0) is 0 Å². The smallest absolute Gasteiger partial charge is 0.0113 e. The van der Waals surface area contributed by atoms with Gasteiger partial charge >= 0.3 is 0 Å². The van der Waals surface area contributed by atoms with Gasteiger partial charge in [0.15, 0.2) is 0 Å². The highest BCUT2D eigenvalue weighted by molar-refractivity contribution is 4.79. The first-order valence-electron chi connectivity index (χ1n) is 6.67. The summed E-state index contributed by atoms with van der Waals surface area (Å²) in [5, 5.41) is 0. The average Bonchev–Trinajstić information content (AvgIpc) is 2.25. The lowest BCUT2D eigenvalue weighted by atomic mass is 10.0. The van der Waals surface area contributed by atoms with Crippen molar-refractivity contribution >= 4 is 0 Å². The standard InChI is InChI=1S/C13H29N3/c1-5-12(2)16-10-8-15(9-11-16)7-6-13(3,4)14/h12H,5-11,14H2,1-4H3. The molecule has 96 valence electrons. The fourth-order valence-corrected chi connectivity index (χ4v) is 2.13. The Kier molecular flexibility index (Phi) is 5.22. The predicted molar refractivity (Wildman–Crippen MR) is 70.6 cm³/mol. The van der Waals surface area contributed by atoms with E-state index >= 15 is 0 Å². The molecular formula is C13H29N3. The molecule has 0 aliphatic carbocycles. The lowest BCUT2D eigenvalue weighted by Gasteiger charge is -2.38. The van der Waals surface area contributed by atoms with Gasteiger partial charge in [0.25, 0.3) is 0 Å². The Labute approximate surface area is 101 Å². The highest BCUT2D eigenvalue weighted by atomic mass is 15.3. The van der Waals surface area contributed by atoms with Gasteiger partial charge < -0.3 is 10.6 Å². The maximum Gasteiger partial charge on any atom is 0.0113 e. The van der Waals surface area contributed by atoms with Crippen LogP contribution in [0.15, 0.2) is 0 Å². The van der Waals surface area contributed by atoms with Gasteiger partial charge in [0.2, 0.25) is 0 Å². The highest BCUT2D eigenvalue weighted by Crippen LogP contribution is 2.11. The number of hydrogen-bond acceptors (Lipinski definition) is 3. The fourth-order valence-electron chi connectivity index (χ4n) is 2.13. The molecule has 0 radical (unpaired) electrons. The van der Waals surface area contributed by atoms with Crippen LogP contribution < -0.4 is 5.73 Å². The molecule has 1 rings (SSSR count). The van der Waals surface area contributed by atoms with Crippen LogP contribution in [-0.4, -0.2) is 54.1 Å². The molecule has 1 fully saturated rings. The predicted octanol–water partition coefficient (Wildman–Crippen LogP) is 1.53. The molecule has 3 heteroatoms. The van der Waals surface area contributed by atoms with Gasteiger partial charge in [-0.2, -0.15) is 0 Å². The molecule has 0 aromatic carbocycles. The number of rotatable bonds is 5. The topological polar surface area (TPSA) is 32.5 Å². The SMILES string of the molecule is CCC(C)N1CCN(CCC(C)(C)N)CC1. The van der Waals surface area contributed by atoms with Crippen LogP contribution in [0.1, 0.15) is 40.5 Å². The molecule has 1 heterocycles. The summed E-state index contributed by atoms with van der Waals surface area (Å²) in [5.41, 5.74) is 5.99. The van der Waals surface area contributed by atoms with Crippen molar-refractivity contribution in [2.45, 2.75) is 52.1 Å². The highest BCUT2D eigenvalue weighted by Gasteiger charge is 2.21. The van der Waals surface area contributed by atoms with Crippen molar-refractivity contribution in [2.75, 3.05) is 32.7 Å². The van der Waals surface area contributed by atoms with Crippen LogP contribution in [0.4, 0.5) is 0 Å². The molecule has 0 aromatic rings. The van der Waals surface area contributed by atoms with Crippen LogP contribution in [0.2, 0.25) is 0 Å². The third-order valence-corrected chi connectivity index (χ3v) is 3.69. The number of piperazine rings is 1. The van der Waals surface area contributed by atoms with Gasteiger partial charge in [-0.25, -0.2) is 0 Å². The molecule has 1 aliphatic rings. The summed E-state index contributed by atoms with van der Waals surface area (Å²) in [6.45, 7) is 14.8. The van der Waals surface area contributed by atoms with Crippen molar-refractivity contribution < 1.29 is 0 Å². The van der Waals surface area contributed by atoms with E-state index in [1.807, 2.05) is 0 Å². The van der Waals surface area contributed by atoms with Gasteiger partial charge in [0.1, 0.15) is 0 Å². The molecule has 1 aliphatic heterocycles. The molecule has 1 saturated heterocycles. The van der Waals surface area contributed by atoms with E-state index in [1.54, 1.807) is 0 Å². The summed E-state index contributed by atoms with van der Waals surface area (Å²) >= 11 is 0. The molecule has 0 amide bonds. The van der Waals surface area contributed by atoms with Crippen LogP contribution in [0.3, 0.4) is 0 Å².